The van der Waals surface area contributed by atoms with E-state index in [1.54, 1.807) is 12.1 Å². The van der Waals surface area contributed by atoms with Crippen LogP contribution in [0.3, 0.4) is 0 Å². The number of pyridine rings is 2. The molecule has 4 aliphatic heterocycles. The molecule has 0 saturated carbocycles. The van der Waals surface area contributed by atoms with Gasteiger partial charge in [0.25, 0.3) is 0 Å². The highest BCUT2D eigenvalue weighted by molar-refractivity contribution is 9.10. The number of ether oxygens (including phenoxy) is 4. The van der Waals surface area contributed by atoms with Crippen molar-refractivity contribution < 1.29 is 38.1 Å². The number of amides is 2. The van der Waals surface area contributed by atoms with Crippen molar-refractivity contribution in [2.75, 3.05) is 89.5 Å². The minimum Gasteiger partial charge on any atom is -0.464 e. The number of aromatic nitrogens is 2. The molecule has 0 bridgehead atoms. The highest BCUT2D eigenvalue weighted by atomic mass is 79.9. The summed E-state index contributed by atoms with van der Waals surface area (Å²) < 4.78 is 21.3. The summed E-state index contributed by atoms with van der Waals surface area (Å²) in [5, 5.41) is 0. The minimum atomic E-state index is -0.463. The smallest absolute Gasteiger partial charge is 0.410 e. The van der Waals surface area contributed by atoms with Gasteiger partial charge in [0.1, 0.15) is 27.2 Å². The minimum absolute atomic E-state index is 0.203. The van der Waals surface area contributed by atoms with Gasteiger partial charge in [-0.05, 0) is 127 Å². The molecular formula is C47H73BrN8O8. The molecule has 2 aromatic heterocycles. The fraction of sp³-hybridized carbons (Fsp3) is 0.702. The number of hydrogen-bond acceptors (Lipinski definition) is 14. The predicted octanol–water partition coefficient (Wildman–Crippen LogP) is 7.41. The molecule has 0 spiro atoms. The summed E-state index contributed by atoms with van der Waals surface area (Å²) in [5.41, 5.74) is 2.64. The number of piperazine rings is 2. The SMILES string of the molecule is CC[C@H]1CN(c2ccc(C(=O)OC)nc2Br)CCN1C1CCN(C(=O)OC(C)(C)C)CC1.CC[C@H]1CN(c2ccc(C(=O)OC)nc2C)CCN1C1CCN(C(=O)OC(C)(C)C)CC1. The van der Waals surface area contributed by atoms with Crippen molar-refractivity contribution in [3.8, 4) is 0 Å². The number of aryl methyl sites for hydroxylation is 1. The molecule has 64 heavy (non-hydrogen) atoms. The lowest BCUT2D eigenvalue weighted by Gasteiger charge is -2.48. The van der Waals surface area contributed by atoms with Crippen LogP contribution in [0.1, 0.15) is 121 Å². The summed E-state index contributed by atoms with van der Waals surface area (Å²) in [4.78, 5) is 70.7. The van der Waals surface area contributed by atoms with Crippen LogP contribution in [0, 0.1) is 6.92 Å². The Morgan fingerprint density at radius 3 is 1.36 bits per heavy atom. The van der Waals surface area contributed by atoms with E-state index >= 15 is 0 Å². The molecule has 2 atom stereocenters. The molecule has 6 rings (SSSR count). The van der Waals surface area contributed by atoms with Gasteiger partial charge >= 0.3 is 24.1 Å². The Kier molecular flexibility index (Phi) is 17.7. The highest BCUT2D eigenvalue weighted by Crippen LogP contribution is 2.32. The van der Waals surface area contributed by atoms with Crippen LogP contribution in [-0.2, 0) is 18.9 Å². The van der Waals surface area contributed by atoms with Crippen LogP contribution in [0.2, 0.25) is 0 Å². The molecule has 0 aliphatic carbocycles. The second-order valence-electron chi connectivity index (χ2n) is 19.2. The number of esters is 2. The second kappa shape index (κ2) is 22.3. The fourth-order valence-electron chi connectivity index (χ4n) is 9.27. The molecule has 0 unspecified atom stereocenters. The lowest BCUT2D eigenvalue weighted by Crippen LogP contribution is -2.59. The van der Waals surface area contributed by atoms with Gasteiger partial charge in [0.2, 0.25) is 0 Å². The quantitative estimate of drug-likeness (QED) is 0.147. The molecule has 6 heterocycles. The largest absolute Gasteiger partial charge is 0.464 e. The summed E-state index contributed by atoms with van der Waals surface area (Å²) in [6, 6.07) is 9.21. The van der Waals surface area contributed by atoms with Crippen LogP contribution in [0.4, 0.5) is 21.0 Å². The van der Waals surface area contributed by atoms with Crippen molar-refractivity contribution in [3.05, 3.63) is 46.0 Å². The zero-order chi connectivity index (χ0) is 46.9. The summed E-state index contributed by atoms with van der Waals surface area (Å²) >= 11 is 3.53. The topological polar surface area (TPSA) is 150 Å². The maximum Gasteiger partial charge on any atom is 0.410 e. The van der Waals surface area contributed by atoms with Crippen molar-refractivity contribution in [1.29, 1.82) is 0 Å². The van der Waals surface area contributed by atoms with Crippen molar-refractivity contribution in [2.24, 2.45) is 0 Å². The first kappa shape index (κ1) is 50.8. The standard InChI is InChI=1S/C24H38N4O4.C23H35BrN4O4/c1-7-18-16-27(21-9-8-20(22(29)31-6)25-17(21)2)14-15-28(18)19-10-12-26(13-11-19)23(30)32-24(3,4)5;1-6-16-15-27(19-8-7-18(21(29)31-5)25-20(19)24)13-14-28(16)17-9-11-26(12-10-17)22(30)32-23(2,3)4/h8-9,18-19H,7,10-16H2,1-6H3;7-8,16-17H,6,9-15H2,1-5H3/t18-;16-/m00/s1. The number of likely N-dealkylation sites (tertiary alicyclic amines) is 2. The van der Waals surface area contributed by atoms with E-state index in [1.165, 1.54) is 14.2 Å². The molecule has 2 aromatic rings. The van der Waals surface area contributed by atoms with Crippen molar-refractivity contribution in [3.63, 3.8) is 0 Å². The fourth-order valence-corrected chi connectivity index (χ4v) is 9.84. The molecular weight excluding hydrogens is 884 g/mol. The van der Waals surface area contributed by atoms with Gasteiger partial charge in [0, 0.05) is 89.6 Å². The Morgan fingerprint density at radius 2 is 1.00 bits per heavy atom. The number of anilines is 2. The Labute approximate surface area is 389 Å². The zero-order valence-corrected chi connectivity index (χ0v) is 41.7. The molecule has 2 amide bonds. The van der Waals surface area contributed by atoms with Crippen LogP contribution in [-0.4, -0.2) is 169 Å². The maximum atomic E-state index is 12.4. The van der Waals surface area contributed by atoms with Gasteiger partial charge in [0.15, 0.2) is 0 Å². The van der Waals surface area contributed by atoms with Crippen molar-refractivity contribution >= 4 is 51.4 Å². The summed E-state index contributed by atoms with van der Waals surface area (Å²) in [5.74, 6) is -0.847. The lowest BCUT2D eigenvalue weighted by atomic mass is 9.98. The van der Waals surface area contributed by atoms with Gasteiger partial charge in [-0.3, -0.25) is 9.80 Å². The summed E-state index contributed by atoms with van der Waals surface area (Å²) in [6.07, 6.45) is 5.59. The highest BCUT2D eigenvalue weighted by Gasteiger charge is 2.37. The Morgan fingerprint density at radius 1 is 0.609 bits per heavy atom. The number of piperidine rings is 2. The Hall–Kier alpha value is -4.22. The molecule has 0 radical (unpaired) electrons. The number of nitrogens with zero attached hydrogens (tertiary/aromatic N) is 8. The first-order valence-corrected chi connectivity index (χ1v) is 23.8. The number of carbonyl (C=O) groups is 4. The molecule has 356 valence electrons. The lowest BCUT2D eigenvalue weighted by molar-refractivity contribution is 0.00850. The van der Waals surface area contributed by atoms with E-state index in [1.807, 2.05) is 70.4 Å². The summed E-state index contributed by atoms with van der Waals surface area (Å²) in [6.45, 7) is 26.4. The molecule has 16 nitrogen and oxygen atoms in total. The van der Waals surface area contributed by atoms with Gasteiger partial charge in [-0.15, -0.1) is 0 Å². The van der Waals surface area contributed by atoms with Gasteiger partial charge in [0.05, 0.1) is 31.3 Å². The van der Waals surface area contributed by atoms with E-state index in [4.69, 9.17) is 18.9 Å². The van der Waals surface area contributed by atoms with Crippen molar-refractivity contribution in [2.45, 2.75) is 136 Å². The van der Waals surface area contributed by atoms with Crippen LogP contribution in [0.25, 0.3) is 0 Å². The average Bonchev–Trinajstić information content (AvgIpc) is 3.27. The summed E-state index contributed by atoms with van der Waals surface area (Å²) in [7, 11) is 2.73. The number of halogens is 1. The van der Waals surface area contributed by atoms with Crippen LogP contribution < -0.4 is 9.80 Å². The van der Waals surface area contributed by atoms with E-state index in [0.29, 0.717) is 40.2 Å². The molecule has 4 fully saturated rings. The van der Waals surface area contributed by atoms with Crippen LogP contribution in [0.15, 0.2) is 28.9 Å². The Bertz CT molecular complexity index is 1770. The number of methoxy groups -OCH3 is 2. The van der Waals surface area contributed by atoms with Crippen molar-refractivity contribution in [1.82, 2.24) is 29.6 Å². The van der Waals surface area contributed by atoms with Gasteiger partial charge < -0.3 is 38.5 Å². The molecule has 0 N–H and O–H groups in total. The Balaban J connectivity index is 0.000000241. The average molecular weight is 958 g/mol. The maximum absolute atomic E-state index is 12.4. The van der Waals surface area contributed by atoms with Crippen LogP contribution in [0.5, 0.6) is 0 Å². The normalized spacial score (nSPS) is 20.9. The second-order valence-corrected chi connectivity index (χ2v) is 19.9. The third kappa shape index (κ3) is 13.4. The van der Waals surface area contributed by atoms with E-state index < -0.39 is 23.1 Å². The van der Waals surface area contributed by atoms with Gasteiger partial charge in [-0.25, -0.2) is 29.1 Å². The third-order valence-corrected chi connectivity index (χ3v) is 13.1. The molecule has 4 aliphatic rings. The number of hydrogen-bond donors (Lipinski definition) is 0. The van der Waals surface area contributed by atoms with E-state index in [0.717, 1.165) is 121 Å². The zero-order valence-electron chi connectivity index (χ0n) is 40.2. The number of rotatable bonds is 8. The van der Waals surface area contributed by atoms with Crippen LogP contribution >= 0.6 is 15.9 Å². The predicted molar refractivity (Wildman–Crippen MR) is 251 cm³/mol. The monoisotopic (exact) mass is 956 g/mol. The van der Waals surface area contributed by atoms with E-state index in [2.05, 4.69) is 59.3 Å². The van der Waals surface area contributed by atoms with E-state index in [-0.39, 0.29) is 12.2 Å². The first-order chi connectivity index (χ1) is 30.2. The molecule has 0 aromatic carbocycles. The molecule has 17 heteroatoms. The van der Waals surface area contributed by atoms with Gasteiger partial charge in [-0.1, -0.05) is 13.8 Å². The third-order valence-electron chi connectivity index (χ3n) is 12.5. The number of carbonyl (C=O) groups excluding carboxylic acids is 4. The van der Waals surface area contributed by atoms with E-state index in [9.17, 15) is 19.2 Å². The first-order valence-electron chi connectivity index (χ1n) is 23.0. The molecule has 4 saturated heterocycles. The van der Waals surface area contributed by atoms with Gasteiger partial charge in [-0.2, -0.15) is 0 Å².